The molecule has 0 aliphatic rings. The predicted octanol–water partition coefficient (Wildman–Crippen LogP) is 0.508. The maximum absolute atomic E-state index is 8.21. The van der Waals surface area contributed by atoms with Crippen molar-refractivity contribution in [1.82, 2.24) is 5.32 Å². The Morgan fingerprint density at radius 3 is 2.43 bits per heavy atom. The predicted molar refractivity (Wildman–Crippen MR) is 28.8 cm³/mol. The fourth-order valence-electron chi connectivity index (χ4n) is 0.360. The van der Waals surface area contributed by atoms with Crippen molar-refractivity contribution in [1.29, 1.82) is 5.26 Å². The molecule has 1 atom stereocenters. The number of rotatable bonds is 2. The van der Waals surface area contributed by atoms with Crippen molar-refractivity contribution < 1.29 is 0 Å². The van der Waals surface area contributed by atoms with Crippen LogP contribution in [0.15, 0.2) is 0 Å². The van der Waals surface area contributed by atoms with Crippen LogP contribution >= 0.6 is 0 Å². The summed E-state index contributed by atoms with van der Waals surface area (Å²) in [5.74, 6) is 0. The minimum absolute atomic E-state index is 0.0417. The molecule has 2 nitrogen and oxygen atoms in total. The normalized spacial score (nSPS) is 12.7. The van der Waals surface area contributed by atoms with E-state index >= 15 is 0 Å². The Hall–Kier alpha value is -0.550. The molecular weight excluding hydrogens is 88.1 g/mol. The van der Waals surface area contributed by atoms with Gasteiger partial charge >= 0.3 is 0 Å². The second kappa shape index (κ2) is 3.63. The maximum atomic E-state index is 8.21. The van der Waals surface area contributed by atoms with Crippen molar-refractivity contribution >= 4 is 0 Å². The van der Waals surface area contributed by atoms with Crippen molar-refractivity contribution in [3.63, 3.8) is 0 Å². The first-order valence-corrected chi connectivity index (χ1v) is 2.42. The molecule has 0 bridgehead atoms. The van der Waals surface area contributed by atoms with Gasteiger partial charge in [0.1, 0.15) is 0 Å². The molecule has 1 unspecified atom stereocenters. The summed E-state index contributed by atoms with van der Waals surface area (Å²) in [5.41, 5.74) is 0. The van der Waals surface area contributed by atoms with Crippen LogP contribution in [0.5, 0.6) is 0 Å². The lowest BCUT2D eigenvalue weighted by Gasteiger charge is -1.98. The third-order valence-corrected chi connectivity index (χ3v) is 0.913. The molecule has 7 heavy (non-hydrogen) atoms. The Morgan fingerprint density at radius 1 is 1.86 bits per heavy atom. The zero-order valence-corrected chi connectivity index (χ0v) is 4.73. The first kappa shape index (κ1) is 6.45. The molecule has 0 rings (SSSR count). The minimum Gasteiger partial charge on any atom is -0.305 e. The van der Waals surface area contributed by atoms with Gasteiger partial charge < -0.3 is 5.32 Å². The van der Waals surface area contributed by atoms with Gasteiger partial charge in [0.15, 0.2) is 0 Å². The van der Waals surface area contributed by atoms with Crippen LogP contribution in [-0.2, 0) is 0 Å². The Kier molecular flexibility index (Phi) is 3.35. The molecule has 1 N–H and O–H groups in total. The number of nitriles is 1. The van der Waals surface area contributed by atoms with Crippen molar-refractivity contribution in [3.05, 3.63) is 0 Å². The molecular formula is C5H10N2. The summed E-state index contributed by atoms with van der Waals surface area (Å²) in [7, 11) is 1.79. The van der Waals surface area contributed by atoms with Crippen LogP contribution in [0.3, 0.4) is 0 Å². The molecule has 0 amide bonds. The average Bonchev–Trinajstić information content (AvgIpc) is 1.72. The minimum atomic E-state index is 0.0417. The lowest BCUT2D eigenvalue weighted by Crippen LogP contribution is -2.21. The van der Waals surface area contributed by atoms with Gasteiger partial charge in [-0.1, -0.05) is 6.92 Å². The SMILES string of the molecule is CCC(C#N)NC. The van der Waals surface area contributed by atoms with Gasteiger partial charge in [-0.3, -0.25) is 0 Å². The van der Waals surface area contributed by atoms with Crippen molar-refractivity contribution in [2.75, 3.05) is 7.05 Å². The lowest BCUT2D eigenvalue weighted by atomic mass is 10.3. The van der Waals surface area contributed by atoms with Gasteiger partial charge in [-0.2, -0.15) is 5.26 Å². The highest BCUT2D eigenvalue weighted by molar-refractivity contribution is 4.86. The summed E-state index contributed by atoms with van der Waals surface area (Å²) in [4.78, 5) is 0. The van der Waals surface area contributed by atoms with Crippen LogP contribution in [-0.4, -0.2) is 13.1 Å². The Labute approximate surface area is 44.1 Å². The maximum Gasteiger partial charge on any atom is 0.0947 e. The third-order valence-electron chi connectivity index (χ3n) is 0.913. The number of nitrogens with zero attached hydrogens (tertiary/aromatic N) is 1. The average molecular weight is 98.1 g/mol. The van der Waals surface area contributed by atoms with Crippen LogP contribution in [0.2, 0.25) is 0 Å². The fourth-order valence-corrected chi connectivity index (χ4v) is 0.360. The van der Waals surface area contributed by atoms with Gasteiger partial charge in [-0.25, -0.2) is 0 Å². The van der Waals surface area contributed by atoms with Gasteiger partial charge in [0.05, 0.1) is 12.1 Å². The van der Waals surface area contributed by atoms with Gasteiger partial charge in [0.25, 0.3) is 0 Å². The number of hydrogen-bond acceptors (Lipinski definition) is 2. The standard InChI is InChI=1S/C5H10N2/c1-3-5(4-6)7-2/h5,7H,3H2,1-2H3. The van der Waals surface area contributed by atoms with Crippen molar-refractivity contribution in [3.8, 4) is 6.07 Å². The number of nitrogens with one attached hydrogen (secondary N) is 1. The van der Waals surface area contributed by atoms with E-state index in [9.17, 15) is 0 Å². The molecule has 0 aromatic heterocycles. The second-order valence-corrected chi connectivity index (χ2v) is 1.38. The molecule has 2 heteroatoms. The highest BCUT2D eigenvalue weighted by atomic mass is 14.9. The summed E-state index contributed by atoms with van der Waals surface area (Å²) in [5, 5.41) is 11.1. The van der Waals surface area contributed by atoms with Crippen molar-refractivity contribution in [2.45, 2.75) is 19.4 Å². The van der Waals surface area contributed by atoms with E-state index in [0.29, 0.717) is 0 Å². The van der Waals surface area contributed by atoms with Gasteiger partial charge in [-0.15, -0.1) is 0 Å². The van der Waals surface area contributed by atoms with E-state index in [4.69, 9.17) is 5.26 Å². The van der Waals surface area contributed by atoms with E-state index in [1.807, 2.05) is 6.92 Å². The summed E-state index contributed by atoms with van der Waals surface area (Å²) in [6.45, 7) is 1.98. The van der Waals surface area contributed by atoms with Crippen LogP contribution in [0, 0.1) is 11.3 Å². The molecule has 0 aliphatic heterocycles. The van der Waals surface area contributed by atoms with E-state index in [1.54, 1.807) is 7.05 Å². The molecule has 0 fully saturated rings. The van der Waals surface area contributed by atoms with E-state index in [2.05, 4.69) is 11.4 Å². The second-order valence-electron chi connectivity index (χ2n) is 1.38. The molecule has 40 valence electrons. The summed E-state index contributed by atoms with van der Waals surface area (Å²) in [6.07, 6.45) is 0.882. The van der Waals surface area contributed by atoms with Gasteiger partial charge in [0, 0.05) is 0 Å². The first-order valence-electron chi connectivity index (χ1n) is 2.42. The molecule has 0 heterocycles. The van der Waals surface area contributed by atoms with Crippen LogP contribution in [0.4, 0.5) is 0 Å². The molecule has 0 aromatic carbocycles. The fraction of sp³-hybridized carbons (Fsp3) is 0.800. The van der Waals surface area contributed by atoms with E-state index in [-0.39, 0.29) is 6.04 Å². The largest absolute Gasteiger partial charge is 0.305 e. The van der Waals surface area contributed by atoms with E-state index < -0.39 is 0 Å². The smallest absolute Gasteiger partial charge is 0.0947 e. The molecule has 0 radical (unpaired) electrons. The molecule has 0 aromatic rings. The quantitative estimate of drug-likeness (QED) is 0.546. The van der Waals surface area contributed by atoms with Crippen LogP contribution < -0.4 is 5.32 Å². The summed E-state index contributed by atoms with van der Waals surface area (Å²) in [6, 6.07) is 2.13. The molecule has 0 saturated carbocycles. The van der Waals surface area contributed by atoms with Crippen LogP contribution in [0.25, 0.3) is 0 Å². The Balaban J connectivity index is 3.23. The number of hydrogen-bond donors (Lipinski definition) is 1. The highest BCUT2D eigenvalue weighted by Crippen LogP contribution is 1.82. The van der Waals surface area contributed by atoms with Crippen LogP contribution in [0.1, 0.15) is 13.3 Å². The van der Waals surface area contributed by atoms with Crippen molar-refractivity contribution in [2.24, 2.45) is 0 Å². The lowest BCUT2D eigenvalue weighted by molar-refractivity contribution is 0.659. The summed E-state index contributed by atoms with van der Waals surface area (Å²) >= 11 is 0. The molecule has 0 saturated heterocycles. The first-order chi connectivity index (χ1) is 3.35. The topological polar surface area (TPSA) is 35.8 Å². The van der Waals surface area contributed by atoms with E-state index in [1.165, 1.54) is 0 Å². The molecule has 0 spiro atoms. The third kappa shape index (κ3) is 2.18. The van der Waals surface area contributed by atoms with Gasteiger partial charge in [-0.05, 0) is 13.5 Å². The zero-order valence-electron chi connectivity index (χ0n) is 4.73. The molecule has 0 aliphatic carbocycles. The Morgan fingerprint density at radius 2 is 2.43 bits per heavy atom. The Bertz CT molecular complexity index is 68.6. The van der Waals surface area contributed by atoms with Gasteiger partial charge in [0.2, 0.25) is 0 Å². The summed E-state index contributed by atoms with van der Waals surface area (Å²) < 4.78 is 0. The van der Waals surface area contributed by atoms with E-state index in [0.717, 1.165) is 6.42 Å². The monoisotopic (exact) mass is 98.1 g/mol. The zero-order chi connectivity index (χ0) is 5.70. The highest BCUT2D eigenvalue weighted by Gasteiger charge is 1.94.